The molecule has 0 aromatic heterocycles. The summed E-state index contributed by atoms with van der Waals surface area (Å²) in [5, 5.41) is 0. The minimum atomic E-state index is 0.195. The van der Waals surface area contributed by atoms with Gasteiger partial charge in [0.05, 0.1) is 13.2 Å². The minimum Gasteiger partial charge on any atom is -0.379 e. The average molecular weight is 260 g/mol. The molecule has 1 aliphatic heterocycles. The van der Waals surface area contributed by atoms with Crippen LogP contribution in [0.25, 0.3) is 0 Å². The maximum Gasteiger partial charge on any atom is 0.0594 e. The zero-order valence-electron chi connectivity index (χ0n) is 11.6. The molecule has 1 aliphatic carbocycles. The van der Waals surface area contributed by atoms with Gasteiger partial charge in [-0.15, -0.1) is 0 Å². The quantitative estimate of drug-likeness (QED) is 0.885. The highest BCUT2D eigenvalue weighted by Gasteiger charge is 2.41. The second-order valence-electron chi connectivity index (χ2n) is 5.83. The highest BCUT2D eigenvalue weighted by atomic mass is 16.5. The molecule has 0 atom stereocenters. The molecule has 1 aromatic rings. The number of hydrogen-bond acceptors (Lipinski definition) is 3. The second-order valence-corrected chi connectivity index (χ2v) is 5.83. The molecule has 0 spiro atoms. The number of rotatable bonds is 2. The van der Waals surface area contributed by atoms with Gasteiger partial charge in [-0.05, 0) is 31.2 Å². The Kier molecular flexibility index (Phi) is 3.87. The predicted molar refractivity (Wildman–Crippen MR) is 77.0 cm³/mol. The molecule has 1 heterocycles. The van der Waals surface area contributed by atoms with E-state index in [-0.39, 0.29) is 5.54 Å². The van der Waals surface area contributed by atoms with Gasteiger partial charge in [0.25, 0.3) is 0 Å². The van der Waals surface area contributed by atoms with Crippen molar-refractivity contribution in [3.05, 3.63) is 35.9 Å². The van der Waals surface area contributed by atoms with E-state index in [0.29, 0.717) is 6.04 Å². The van der Waals surface area contributed by atoms with Crippen LogP contribution in [-0.2, 0) is 10.3 Å². The van der Waals surface area contributed by atoms with E-state index in [1.54, 1.807) is 0 Å². The summed E-state index contributed by atoms with van der Waals surface area (Å²) in [6.07, 6.45) is 4.62. The Morgan fingerprint density at radius 2 is 1.68 bits per heavy atom. The van der Waals surface area contributed by atoms with E-state index in [1.165, 1.54) is 18.4 Å². The van der Waals surface area contributed by atoms with E-state index in [9.17, 15) is 0 Å². The summed E-state index contributed by atoms with van der Waals surface area (Å²) < 4.78 is 5.53. The van der Waals surface area contributed by atoms with E-state index < -0.39 is 0 Å². The summed E-state index contributed by atoms with van der Waals surface area (Å²) in [5.41, 5.74) is 7.78. The zero-order chi connectivity index (χ0) is 13.1. The lowest BCUT2D eigenvalue weighted by Gasteiger charge is -2.49. The number of ether oxygens (including phenoxy) is 1. The summed E-state index contributed by atoms with van der Waals surface area (Å²) in [6.45, 7) is 3.82. The van der Waals surface area contributed by atoms with Crippen molar-refractivity contribution in [2.45, 2.75) is 37.3 Å². The van der Waals surface area contributed by atoms with Gasteiger partial charge in [-0.2, -0.15) is 0 Å². The molecule has 1 saturated heterocycles. The molecule has 0 unspecified atom stereocenters. The summed E-state index contributed by atoms with van der Waals surface area (Å²) in [7, 11) is 0. The summed E-state index contributed by atoms with van der Waals surface area (Å²) in [5.74, 6) is 0. The fraction of sp³-hybridized carbons (Fsp3) is 0.625. The number of hydrogen-bond donors (Lipinski definition) is 1. The summed E-state index contributed by atoms with van der Waals surface area (Å²) >= 11 is 0. The van der Waals surface area contributed by atoms with Gasteiger partial charge in [0, 0.05) is 24.7 Å². The fourth-order valence-electron chi connectivity index (χ4n) is 3.64. The Balaban J connectivity index is 1.91. The Labute approximate surface area is 115 Å². The Hall–Kier alpha value is -0.900. The molecule has 3 heteroatoms. The lowest BCUT2D eigenvalue weighted by atomic mass is 9.73. The Bertz CT molecular complexity index is 392. The first-order chi connectivity index (χ1) is 9.31. The first-order valence-corrected chi connectivity index (χ1v) is 7.45. The number of benzene rings is 1. The first kappa shape index (κ1) is 13.1. The Morgan fingerprint density at radius 3 is 2.32 bits per heavy atom. The van der Waals surface area contributed by atoms with Crippen molar-refractivity contribution in [1.29, 1.82) is 0 Å². The molecule has 2 N–H and O–H groups in total. The molecule has 3 rings (SSSR count). The molecular weight excluding hydrogens is 236 g/mol. The minimum absolute atomic E-state index is 0.195. The smallest absolute Gasteiger partial charge is 0.0594 e. The van der Waals surface area contributed by atoms with Crippen LogP contribution in [0.2, 0.25) is 0 Å². The third-order valence-electron chi connectivity index (χ3n) is 4.78. The van der Waals surface area contributed by atoms with Gasteiger partial charge >= 0.3 is 0 Å². The molecule has 3 nitrogen and oxygen atoms in total. The van der Waals surface area contributed by atoms with Crippen LogP contribution in [0.4, 0.5) is 0 Å². The first-order valence-electron chi connectivity index (χ1n) is 7.45. The van der Waals surface area contributed by atoms with Crippen LogP contribution in [0.15, 0.2) is 30.3 Å². The molecular formula is C16H24N2O. The molecule has 0 radical (unpaired) electrons. The van der Waals surface area contributed by atoms with Gasteiger partial charge in [0.1, 0.15) is 0 Å². The maximum absolute atomic E-state index is 6.12. The van der Waals surface area contributed by atoms with Crippen LogP contribution < -0.4 is 5.73 Å². The van der Waals surface area contributed by atoms with Crippen molar-refractivity contribution in [3.63, 3.8) is 0 Å². The fourth-order valence-corrected chi connectivity index (χ4v) is 3.64. The maximum atomic E-state index is 6.12. The largest absolute Gasteiger partial charge is 0.379 e. The van der Waals surface area contributed by atoms with Crippen molar-refractivity contribution in [1.82, 2.24) is 4.90 Å². The molecule has 1 saturated carbocycles. The van der Waals surface area contributed by atoms with Crippen LogP contribution in [-0.4, -0.2) is 37.2 Å². The second kappa shape index (κ2) is 5.61. The zero-order valence-corrected chi connectivity index (χ0v) is 11.6. The molecule has 19 heavy (non-hydrogen) atoms. The van der Waals surface area contributed by atoms with Crippen LogP contribution >= 0.6 is 0 Å². The lowest BCUT2D eigenvalue weighted by Crippen LogP contribution is -2.54. The van der Waals surface area contributed by atoms with E-state index in [4.69, 9.17) is 10.5 Å². The van der Waals surface area contributed by atoms with E-state index in [2.05, 4.69) is 35.2 Å². The van der Waals surface area contributed by atoms with E-state index >= 15 is 0 Å². The van der Waals surface area contributed by atoms with Crippen molar-refractivity contribution in [3.8, 4) is 0 Å². The van der Waals surface area contributed by atoms with Crippen molar-refractivity contribution >= 4 is 0 Å². The molecule has 2 fully saturated rings. The Morgan fingerprint density at radius 1 is 1.05 bits per heavy atom. The lowest BCUT2D eigenvalue weighted by molar-refractivity contribution is -0.0421. The summed E-state index contributed by atoms with van der Waals surface area (Å²) in [4.78, 5) is 2.64. The van der Waals surface area contributed by atoms with Crippen LogP contribution in [0, 0.1) is 0 Å². The number of morpholine rings is 1. The van der Waals surface area contributed by atoms with Gasteiger partial charge < -0.3 is 10.5 Å². The number of nitrogens with zero attached hydrogens (tertiary/aromatic N) is 1. The van der Waals surface area contributed by atoms with Gasteiger partial charge in [0.2, 0.25) is 0 Å². The third kappa shape index (κ3) is 2.55. The van der Waals surface area contributed by atoms with E-state index in [1.807, 2.05) is 0 Å². The van der Waals surface area contributed by atoms with E-state index in [0.717, 1.165) is 39.1 Å². The predicted octanol–water partition coefficient (Wildman–Crippen LogP) is 2.12. The van der Waals surface area contributed by atoms with Crippen molar-refractivity contribution in [2.75, 3.05) is 26.3 Å². The molecule has 104 valence electrons. The third-order valence-corrected chi connectivity index (χ3v) is 4.78. The topological polar surface area (TPSA) is 38.5 Å². The van der Waals surface area contributed by atoms with Crippen molar-refractivity contribution in [2.24, 2.45) is 5.73 Å². The van der Waals surface area contributed by atoms with Gasteiger partial charge in [-0.1, -0.05) is 30.3 Å². The van der Waals surface area contributed by atoms with Gasteiger partial charge in [-0.3, -0.25) is 4.90 Å². The highest BCUT2D eigenvalue weighted by molar-refractivity contribution is 5.26. The van der Waals surface area contributed by atoms with Gasteiger partial charge in [-0.25, -0.2) is 0 Å². The van der Waals surface area contributed by atoms with Crippen molar-refractivity contribution < 1.29 is 4.74 Å². The monoisotopic (exact) mass is 260 g/mol. The van der Waals surface area contributed by atoms with Crippen LogP contribution in [0.5, 0.6) is 0 Å². The number of nitrogens with two attached hydrogens (primary N) is 1. The molecule has 0 amide bonds. The highest BCUT2D eigenvalue weighted by Crippen LogP contribution is 2.42. The van der Waals surface area contributed by atoms with Crippen LogP contribution in [0.1, 0.15) is 31.2 Å². The van der Waals surface area contributed by atoms with Gasteiger partial charge in [0.15, 0.2) is 0 Å². The van der Waals surface area contributed by atoms with Crippen LogP contribution in [0.3, 0.4) is 0 Å². The SMILES string of the molecule is NC1CCC(c2ccccc2)(N2CCOCC2)CC1. The normalized spacial score (nSPS) is 33.2. The molecule has 0 bridgehead atoms. The molecule has 2 aliphatic rings. The molecule has 1 aromatic carbocycles. The standard InChI is InChI=1S/C16H24N2O/c17-15-6-8-16(9-7-15,14-4-2-1-3-5-14)18-10-12-19-13-11-18/h1-5,15H,6-13,17H2. The average Bonchev–Trinajstić information content (AvgIpc) is 2.50. The summed E-state index contributed by atoms with van der Waals surface area (Å²) in [6, 6.07) is 11.4.